The number of fused-ring (bicyclic) bond motifs is 6. The predicted molar refractivity (Wildman–Crippen MR) is 231 cm³/mol. The van der Waals surface area contributed by atoms with Gasteiger partial charge in [0.1, 0.15) is 23.0 Å². The number of anilines is 5. The highest BCUT2D eigenvalue weighted by Gasteiger charge is 2.44. The van der Waals surface area contributed by atoms with E-state index in [2.05, 4.69) is 186 Å². The van der Waals surface area contributed by atoms with Gasteiger partial charge in [0.2, 0.25) is 0 Å². The summed E-state index contributed by atoms with van der Waals surface area (Å²) >= 11 is 1.77. The first kappa shape index (κ1) is 32.8. The average Bonchev–Trinajstić information content (AvgIpc) is 3.24. The molecule has 0 aromatic heterocycles. The summed E-state index contributed by atoms with van der Waals surface area (Å²) in [5.74, 6) is 3.54. The molecular formula is C50H35BN2O2S. The van der Waals surface area contributed by atoms with Crippen molar-refractivity contribution in [3.8, 4) is 34.1 Å². The van der Waals surface area contributed by atoms with E-state index >= 15 is 0 Å². The summed E-state index contributed by atoms with van der Waals surface area (Å²) in [4.78, 5) is 7.14. The van der Waals surface area contributed by atoms with Crippen molar-refractivity contribution in [2.45, 2.75) is 23.1 Å². The molecule has 0 radical (unpaired) electrons. The fourth-order valence-electron chi connectivity index (χ4n) is 8.64. The average molecular weight is 739 g/mol. The second kappa shape index (κ2) is 13.3. The lowest BCUT2D eigenvalue weighted by molar-refractivity contribution is 0.455. The standard InChI is InChI=1S/C50H35BN2O2S/c1-33-16-11-12-24-44(33)54-45-26-15-23-42-41(45)29-34-28-38(52(35-17-5-2-6-18-35)36-19-7-3-8-20-36)30-40-39-31-47-49(56-48-27-14-13-25-46(48)55-47)32-43(39)53(51(42)50(34)40)37-21-9-4-10-22-37/h2-28,30-32H,29H2,1H3. The van der Waals surface area contributed by atoms with Crippen molar-refractivity contribution < 1.29 is 9.47 Å². The molecule has 0 saturated carbocycles. The van der Waals surface area contributed by atoms with Gasteiger partial charge < -0.3 is 19.2 Å². The van der Waals surface area contributed by atoms with E-state index in [1.807, 2.05) is 12.1 Å². The molecule has 3 aliphatic rings. The fourth-order valence-corrected chi connectivity index (χ4v) is 9.61. The van der Waals surface area contributed by atoms with E-state index in [-0.39, 0.29) is 6.85 Å². The van der Waals surface area contributed by atoms with Gasteiger partial charge in [0.05, 0.1) is 9.79 Å². The maximum Gasteiger partial charge on any atom is 0.329 e. The van der Waals surface area contributed by atoms with Gasteiger partial charge in [-0.3, -0.25) is 0 Å². The minimum atomic E-state index is -0.102. The van der Waals surface area contributed by atoms with Crippen molar-refractivity contribution in [2.75, 3.05) is 9.71 Å². The Hall–Kier alpha value is -6.63. The molecule has 0 atom stereocenters. The van der Waals surface area contributed by atoms with E-state index in [4.69, 9.17) is 9.47 Å². The zero-order valence-corrected chi connectivity index (χ0v) is 31.5. The van der Waals surface area contributed by atoms with E-state index < -0.39 is 0 Å². The van der Waals surface area contributed by atoms with E-state index in [0.717, 1.165) is 78.8 Å². The second-order valence-electron chi connectivity index (χ2n) is 14.5. The first-order valence-corrected chi connectivity index (χ1v) is 19.9. The van der Waals surface area contributed by atoms with Crippen molar-refractivity contribution in [1.82, 2.24) is 0 Å². The monoisotopic (exact) mass is 738 g/mol. The lowest BCUT2D eigenvalue weighted by Crippen LogP contribution is -2.61. The van der Waals surface area contributed by atoms with Crippen LogP contribution in [0.15, 0.2) is 192 Å². The molecular weight excluding hydrogens is 703 g/mol. The van der Waals surface area contributed by atoms with Gasteiger partial charge in [0, 0.05) is 40.4 Å². The molecule has 0 bridgehead atoms. The number of rotatable bonds is 6. The van der Waals surface area contributed by atoms with Crippen LogP contribution in [0.2, 0.25) is 0 Å². The number of aryl methyl sites for hydroxylation is 1. The molecule has 4 nitrogen and oxygen atoms in total. The van der Waals surface area contributed by atoms with Crippen molar-refractivity contribution >= 4 is 58.0 Å². The maximum atomic E-state index is 6.85. The van der Waals surface area contributed by atoms with Crippen molar-refractivity contribution in [1.29, 1.82) is 0 Å². The highest BCUT2D eigenvalue weighted by molar-refractivity contribution is 7.99. The molecule has 3 aliphatic heterocycles. The highest BCUT2D eigenvalue weighted by Crippen LogP contribution is 2.53. The number of ether oxygens (including phenoxy) is 2. The summed E-state index contributed by atoms with van der Waals surface area (Å²) in [5, 5.41) is 0. The van der Waals surface area contributed by atoms with Gasteiger partial charge in [-0.2, -0.15) is 0 Å². The van der Waals surface area contributed by atoms with Crippen LogP contribution in [-0.4, -0.2) is 6.85 Å². The van der Waals surface area contributed by atoms with Crippen LogP contribution in [0.4, 0.5) is 28.4 Å². The third kappa shape index (κ3) is 5.40. The summed E-state index contributed by atoms with van der Waals surface area (Å²) in [7, 11) is 0. The first-order valence-electron chi connectivity index (χ1n) is 19.1. The van der Waals surface area contributed by atoms with Gasteiger partial charge >= 0.3 is 6.85 Å². The van der Waals surface area contributed by atoms with Crippen molar-refractivity contribution in [3.05, 3.63) is 199 Å². The minimum Gasteiger partial charge on any atom is -0.457 e. The van der Waals surface area contributed by atoms with E-state index in [9.17, 15) is 0 Å². The number of nitrogens with zero attached hydrogens (tertiary/aromatic N) is 2. The normalized spacial score (nSPS) is 13.0. The molecule has 0 saturated heterocycles. The van der Waals surface area contributed by atoms with Crippen LogP contribution in [0.3, 0.4) is 0 Å². The van der Waals surface area contributed by atoms with Crippen LogP contribution in [-0.2, 0) is 6.42 Å². The van der Waals surface area contributed by atoms with Crippen LogP contribution < -0.4 is 30.1 Å². The molecule has 0 amide bonds. The molecule has 0 aliphatic carbocycles. The SMILES string of the molecule is Cc1ccccc1Oc1cccc2c1Cc1cc(N(c3ccccc3)c3ccccc3)cc3c1B2N(c1ccccc1)c1cc2c(cc1-3)Oc1ccccc1S2. The van der Waals surface area contributed by atoms with Crippen molar-refractivity contribution in [3.63, 3.8) is 0 Å². The molecule has 8 aromatic carbocycles. The molecule has 11 rings (SSSR count). The Labute approximate surface area is 331 Å². The predicted octanol–water partition coefficient (Wildman–Crippen LogP) is 12.3. The molecule has 8 aromatic rings. The third-order valence-electron chi connectivity index (χ3n) is 11.1. The van der Waals surface area contributed by atoms with Crippen LogP contribution in [0.25, 0.3) is 11.1 Å². The smallest absolute Gasteiger partial charge is 0.329 e. The summed E-state index contributed by atoms with van der Waals surface area (Å²) in [6.07, 6.45) is 0.726. The third-order valence-corrected chi connectivity index (χ3v) is 12.2. The Morgan fingerprint density at radius 1 is 0.589 bits per heavy atom. The van der Waals surface area contributed by atoms with E-state index in [0.29, 0.717) is 0 Å². The Morgan fingerprint density at radius 3 is 2.04 bits per heavy atom. The zero-order valence-electron chi connectivity index (χ0n) is 30.7. The summed E-state index contributed by atoms with van der Waals surface area (Å²) in [6, 6.07) is 64.8. The van der Waals surface area contributed by atoms with Crippen LogP contribution >= 0.6 is 11.8 Å². The van der Waals surface area contributed by atoms with Gasteiger partial charge in [-0.25, -0.2) is 0 Å². The molecule has 0 fully saturated rings. The van der Waals surface area contributed by atoms with Crippen LogP contribution in [0.5, 0.6) is 23.0 Å². The Morgan fingerprint density at radius 2 is 1.27 bits per heavy atom. The largest absolute Gasteiger partial charge is 0.457 e. The summed E-state index contributed by atoms with van der Waals surface area (Å²) in [6.45, 7) is 2.01. The first-order chi connectivity index (χ1) is 27.7. The fraction of sp³-hybridized carbons (Fsp3) is 0.0400. The van der Waals surface area contributed by atoms with Gasteiger partial charge in [0.15, 0.2) is 0 Å². The highest BCUT2D eigenvalue weighted by atomic mass is 32.2. The molecule has 0 unspecified atom stereocenters. The number of para-hydroxylation sites is 5. The second-order valence-corrected chi connectivity index (χ2v) is 15.6. The Balaban J connectivity index is 1.19. The molecule has 0 spiro atoms. The quantitative estimate of drug-likeness (QED) is 0.158. The van der Waals surface area contributed by atoms with Gasteiger partial charge in [-0.15, -0.1) is 0 Å². The van der Waals surface area contributed by atoms with Crippen molar-refractivity contribution in [2.24, 2.45) is 0 Å². The van der Waals surface area contributed by atoms with Gasteiger partial charge in [0.25, 0.3) is 0 Å². The number of hydrogen-bond acceptors (Lipinski definition) is 5. The number of benzene rings is 8. The molecule has 266 valence electrons. The minimum absolute atomic E-state index is 0.102. The summed E-state index contributed by atoms with van der Waals surface area (Å²) in [5.41, 5.74) is 14.1. The molecule has 3 heterocycles. The van der Waals surface area contributed by atoms with Gasteiger partial charge in [-0.1, -0.05) is 109 Å². The molecule has 56 heavy (non-hydrogen) atoms. The van der Waals surface area contributed by atoms with Crippen LogP contribution in [0, 0.1) is 6.92 Å². The lowest BCUT2D eigenvalue weighted by Gasteiger charge is -2.43. The van der Waals surface area contributed by atoms with E-state index in [1.54, 1.807) is 11.8 Å². The van der Waals surface area contributed by atoms with E-state index in [1.165, 1.54) is 27.6 Å². The summed E-state index contributed by atoms with van der Waals surface area (Å²) < 4.78 is 13.5. The lowest BCUT2D eigenvalue weighted by atomic mass is 9.41. The Bertz CT molecular complexity index is 2750. The zero-order chi connectivity index (χ0) is 37.2. The maximum absolute atomic E-state index is 6.85. The van der Waals surface area contributed by atoms with Gasteiger partial charge in [-0.05, 0) is 125 Å². The topological polar surface area (TPSA) is 24.9 Å². The molecule has 0 N–H and O–H groups in total. The Kier molecular flexibility index (Phi) is 7.78. The number of hydrogen-bond donors (Lipinski definition) is 0. The molecule has 6 heteroatoms. The van der Waals surface area contributed by atoms with Crippen LogP contribution in [0.1, 0.15) is 16.7 Å².